The highest BCUT2D eigenvalue weighted by Crippen LogP contribution is 2.19. The minimum Gasteiger partial charge on any atom is -0.348 e. The lowest BCUT2D eigenvalue weighted by Gasteiger charge is -2.30. The molecule has 0 radical (unpaired) electrons. The third kappa shape index (κ3) is 4.77. The first-order valence-electron chi connectivity index (χ1n) is 10.1. The van der Waals surface area contributed by atoms with Gasteiger partial charge in [-0.25, -0.2) is 4.39 Å². The molecule has 1 aliphatic heterocycles. The summed E-state index contributed by atoms with van der Waals surface area (Å²) in [6.45, 7) is 5.97. The number of benzene rings is 2. The molecule has 1 amide bonds. The van der Waals surface area contributed by atoms with E-state index in [0.717, 1.165) is 31.1 Å². The fourth-order valence-electron chi connectivity index (χ4n) is 3.73. The van der Waals surface area contributed by atoms with Crippen molar-refractivity contribution in [2.45, 2.75) is 32.9 Å². The lowest BCUT2D eigenvalue weighted by Crippen LogP contribution is -2.32. The van der Waals surface area contributed by atoms with Crippen LogP contribution in [0, 0.1) is 11.7 Å². The van der Waals surface area contributed by atoms with Crippen molar-refractivity contribution in [1.29, 1.82) is 0 Å². The maximum atomic E-state index is 13.8. The SMILES string of the molecule is CC1CCN(Cc2ccc(CNC(=O)c3cc(F)cc4nccnc34)cc2)CC1. The molecule has 1 aromatic heterocycles. The second-order valence-electron chi connectivity index (χ2n) is 7.84. The van der Waals surface area contributed by atoms with E-state index in [1.54, 1.807) is 0 Å². The smallest absolute Gasteiger partial charge is 0.253 e. The molecular weight excluding hydrogens is 367 g/mol. The highest BCUT2D eigenvalue weighted by molar-refractivity contribution is 6.04. The Kier molecular flexibility index (Phi) is 5.81. The number of likely N-dealkylation sites (tertiary alicyclic amines) is 1. The van der Waals surface area contributed by atoms with Crippen LogP contribution in [0.25, 0.3) is 11.0 Å². The van der Waals surface area contributed by atoms with E-state index in [-0.39, 0.29) is 11.5 Å². The summed E-state index contributed by atoms with van der Waals surface area (Å²) < 4.78 is 13.8. The number of fused-ring (bicyclic) bond motifs is 1. The molecule has 1 saturated heterocycles. The largest absolute Gasteiger partial charge is 0.348 e. The lowest BCUT2D eigenvalue weighted by molar-refractivity contribution is 0.0952. The second kappa shape index (κ2) is 8.66. The number of carbonyl (C=O) groups excluding carboxylic acids is 1. The van der Waals surface area contributed by atoms with Gasteiger partial charge in [-0.15, -0.1) is 0 Å². The quantitative estimate of drug-likeness (QED) is 0.715. The summed E-state index contributed by atoms with van der Waals surface area (Å²) in [5.41, 5.74) is 3.25. The van der Waals surface area contributed by atoms with Gasteiger partial charge in [0.05, 0.1) is 11.1 Å². The molecular formula is C23H25FN4O. The number of piperidine rings is 1. The summed E-state index contributed by atoms with van der Waals surface area (Å²) in [5.74, 6) is -0.0282. The molecule has 0 atom stereocenters. The first-order valence-corrected chi connectivity index (χ1v) is 10.1. The van der Waals surface area contributed by atoms with E-state index in [4.69, 9.17) is 0 Å². The number of hydrogen-bond acceptors (Lipinski definition) is 4. The Labute approximate surface area is 170 Å². The molecule has 0 bridgehead atoms. The van der Waals surface area contributed by atoms with Crippen molar-refractivity contribution < 1.29 is 9.18 Å². The Hall–Kier alpha value is -2.86. The Morgan fingerprint density at radius 3 is 2.55 bits per heavy atom. The van der Waals surface area contributed by atoms with Gasteiger partial charge in [-0.3, -0.25) is 19.7 Å². The Bertz CT molecular complexity index is 997. The van der Waals surface area contributed by atoms with Gasteiger partial charge < -0.3 is 5.32 Å². The predicted molar refractivity (Wildman–Crippen MR) is 111 cm³/mol. The van der Waals surface area contributed by atoms with E-state index < -0.39 is 5.82 Å². The summed E-state index contributed by atoms with van der Waals surface area (Å²) in [7, 11) is 0. The summed E-state index contributed by atoms with van der Waals surface area (Å²) in [4.78, 5) is 23.3. The third-order valence-electron chi connectivity index (χ3n) is 5.54. The first kappa shape index (κ1) is 19.5. The molecule has 0 saturated carbocycles. The molecule has 1 aliphatic rings. The summed E-state index contributed by atoms with van der Waals surface area (Å²) >= 11 is 0. The van der Waals surface area contributed by atoms with E-state index in [2.05, 4.69) is 39.2 Å². The van der Waals surface area contributed by atoms with Gasteiger partial charge in [-0.05, 0) is 49.0 Å². The Balaban J connectivity index is 1.37. The minimum atomic E-state index is -0.500. The number of aromatic nitrogens is 2. The van der Waals surface area contributed by atoms with Crippen molar-refractivity contribution in [2.24, 2.45) is 5.92 Å². The number of nitrogens with zero attached hydrogens (tertiary/aromatic N) is 3. The fraction of sp³-hybridized carbons (Fsp3) is 0.348. The van der Waals surface area contributed by atoms with Gasteiger partial charge in [0, 0.05) is 31.5 Å². The van der Waals surface area contributed by atoms with Gasteiger partial charge in [0.15, 0.2) is 0 Å². The zero-order valence-electron chi connectivity index (χ0n) is 16.6. The molecule has 1 fully saturated rings. The highest BCUT2D eigenvalue weighted by atomic mass is 19.1. The number of halogens is 1. The number of nitrogens with one attached hydrogen (secondary N) is 1. The van der Waals surface area contributed by atoms with Crippen LogP contribution in [0.3, 0.4) is 0 Å². The van der Waals surface area contributed by atoms with Gasteiger partial charge in [0.25, 0.3) is 5.91 Å². The minimum absolute atomic E-state index is 0.198. The molecule has 29 heavy (non-hydrogen) atoms. The first-order chi connectivity index (χ1) is 14.1. The predicted octanol–water partition coefficient (Wildman–Crippen LogP) is 3.93. The number of rotatable bonds is 5. The molecule has 1 N–H and O–H groups in total. The van der Waals surface area contributed by atoms with Crippen molar-refractivity contribution in [3.05, 3.63) is 71.3 Å². The topological polar surface area (TPSA) is 58.1 Å². The van der Waals surface area contributed by atoms with E-state index in [1.807, 2.05) is 12.1 Å². The standard InChI is InChI=1S/C23H25FN4O/c1-16-6-10-28(11-7-16)15-18-4-2-17(3-5-18)14-27-23(29)20-12-19(24)13-21-22(20)26-9-8-25-21/h2-5,8-9,12-13,16H,6-7,10-11,14-15H2,1H3,(H,27,29). The van der Waals surface area contributed by atoms with Crippen LogP contribution in [0.5, 0.6) is 0 Å². The van der Waals surface area contributed by atoms with E-state index in [9.17, 15) is 9.18 Å². The van der Waals surface area contributed by atoms with Crippen LogP contribution < -0.4 is 5.32 Å². The molecule has 0 aliphatic carbocycles. The van der Waals surface area contributed by atoms with Crippen LogP contribution in [0.2, 0.25) is 0 Å². The molecule has 0 spiro atoms. The van der Waals surface area contributed by atoms with Gasteiger partial charge >= 0.3 is 0 Å². The summed E-state index contributed by atoms with van der Waals surface area (Å²) in [5, 5.41) is 2.86. The van der Waals surface area contributed by atoms with Crippen LogP contribution in [-0.2, 0) is 13.1 Å². The van der Waals surface area contributed by atoms with Crippen LogP contribution in [0.15, 0.2) is 48.8 Å². The van der Waals surface area contributed by atoms with Crippen molar-refractivity contribution in [3.8, 4) is 0 Å². The zero-order chi connectivity index (χ0) is 20.2. The van der Waals surface area contributed by atoms with Crippen LogP contribution in [0.1, 0.15) is 41.3 Å². The fourth-order valence-corrected chi connectivity index (χ4v) is 3.73. The summed E-state index contributed by atoms with van der Waals surface area (Å²) in [6, 6.07) is 10.8. The van der Waals surface area contributed by atoms with Gasteiger partial charge in [-0.2, -0.15) is 0 Å². The number of amides is 1. The molecule has 5 nitrogen and oxygen atoms in total. The third-order valence-corrected chi connectivity index (χ3v) is 5.54. The molecule has 2 aromatic carbocycles. The molecule has 150 valence electrons. The number of carbonyl (C=O) groups is 1. The van der Waals surface area contributed by atoms with Crippen LogP contribution >= 0.6 is 0 Å². The highest BCUT2D eigenvalue weighted by Gasteiger charge is 2.16. The van der Waals surface area contributed by atoms with Crippen molar-refractivity contribution in [2.75, 3.05) is 13.1 Å². The maximum Gasteiger partial charge on any atom is 0.253 e. The van der Waals surface area contributed by atoms with E-state index >= 15 is 0 Å². The van der Waals surface area contributed by atoms with E-state index in [1.165, 1.54) is 42.9 Å². The van der Waals surface area contributed by atoms with E-state index in [0.29, 0.717) is 17.6 Å². The van der Waals surface area contributed by atoms with Crippen molar-refractivity contribution in [1.82, 2.24) is 20.2 Å². The molecule has 2 heterocycles. The molecule has 6 heteroatoms. The monoisotopic (exact) mass is 392 g/mol. The van der Waals surface area contributed by atoms with Crippen molar-refractivity contribution >= 4 is 16.9 Å². The average Bonchev–Trinajstić information content (AvgIpc) is 2.74. The van der Waals surface area contributed by atoms with Gasteiger partial charge in [-0.1, -0.05) is 31.2 Å². The summed E-state index contributed by atoms with van der Waals surface area (Å²) in [6.07, 6.45) is 5.51. The number of hydrogen-bond donors (Lipinski definition) is 1. The van der Waals surface area contributed by atoms with Gasteiger partial charge in [0.2, 0.25) is 0 Å². The van der Waals surface area contributed by atoms with Gasteiger partial charge in [0.1, 0.15) is 11.3 Å². The van der Waals surface area contributed by atoms with Crippen LogP contribution in [0.4, 0.5) is 4.39 Å². The molecule has 3 aromatic rings. The molecule has 0 unspecified atom stereocenters. The molecule has 4 rings (SSSR count). The normalized spacial score (nSPS) is 15.5. The van der Waals surface area contributed by atoms with Crippen molar-refractivity contribution in [3.63, 3.8) is 0 Å². The Morgan fingerprint density at radius 1 is 1.10 bits per heavy atom. The second-order valence-corrected chi connectivity index (χ2v) is 7.84. The zero-order valence-corrected chi connectivity index (χ0v) is 16.6. The maximum absolute atomic E-state index is 13.8. The average molecular weight is 392 g/mol. The lowest BCUT2D eigenvalue weighted by atomic mass is 9.99. The van der Waals surface area contributed by atoms with Crippen LogP contribution in [-0.4, -0.2) is 33.9 Å². The Morgan fingerprint density at radius 2 is 1.79 bits per heavy atom.